The SMILES string of the molecule is [c]1cnc(-c2ncccn2)s1. The maximum absolute atomic E-state index is 4.04. The number of rotatable bonds is 1. The van der Waals surface area contributed by atoms with Gasteiger partial charge in [0.15, 0.2) is 10.8 Å². The molecule has 0 aliphatic carbocycles. The highest BCUT2D eigenvalue weighted by Crippen LogP contribution is 2.14. The van der Waals surface area contributed by atoms with Crippen LogP contribution < -0.4 is 0 Å². The van der Waals surface area contributed by atoms with Crippen molar-refractivity contribution in [1.29, 1.82) is 0 Å². The molecule has 3 nitrogen and oxygen atoms in total. The van der Waals surface area contributed by atoms with Crippen molar-refractivity contribution < 1.29 is 0 Å². The Morgan fingerprint density at radius 1 is 1.18 bits per heavy atom. The summed E-state index contributed by atoms with van der Waals surface area (Å²) in [6.45, 7) is 0. The molecule has 53 valence electrons. The first-order valence-corrected chi connectivity index (χ1v) is 3.88. The lowest BCUT2D eigenvalue weighted by Gasteiger charge is -1.89. The fraction of sp³-hybridized carbons (Fsp3) is 0. The molecule has 2 heterocycles. The standard InChI is InChI=1S/C7H4N3S/c1-2-8-6(9-3-1)7-10-4-5-11-7/h1-4H. The molecule has 0 amide bonds. The molecular weight excluding hydrogens is 158 g/mol. The molecule has 0 fully saturated rings. The Bertz CT molecular complexity index is 317. The van der Waals surface area contributed by atoms with E-state index in [1.54, 1.807) is 24.7 Å². The van der Waals surface area contributed by atoms with Gasteiger partial charge in [-0.15, -0.1) is 11.3 Å². The molecule has 0 saturated carbocycles. The Hall–Kier alpha value is -1.29. The van der Waals surface area contributed by atoms with Gasteiger partial charge in [-0.05, 0) is 6.07 Å². The van der Waals surface area contributed by atoms with Crippen molar-refractivity contribution in [2.24, 2.45) is 0 Å². The highest BCUT2D eigenvalue weighted by atomic mass is 32.1. The van der Waals surface area contributed by atoms with Gasteiger partial charge in [0.25, 0.3) is 0 Å². The second-order valence-corrected chi connectivity index (χ2v) is 2.68. The molecule has 0 aliphatic rings. The summed E-state index contributed by atoms with van der Waals surface area (Å²) in [6.07, 6.45) is 5.02. The predicted octanol–water partition coefficient (Wildman–Crippen LogP) is 1.40. The molecule has 0 aliphatic heterocycles. The number of thiazole rings is 1. The molecule has 0 spiro atoms. The van der Waals surface area contributed by atoms with E-state index >= 15 is 0 Å². The van der Waals surface area contributed by atoms with Crippen LogP contribution in [0.2, 0.25) is 0 Å². The smallest absolute Gasteiger partial charge is 0.188 e. The average molecular weight is 162 g/mol. The van der Waals surface area contributed by atoms with Crippen molar-refractivity contribution in [2.75, 3.05) is 0 Å². The van der Waals surface area contributed by atoms with Crippen LogP contribution >= 0.6 is 11.3 Å². The molecule has 0 bridgehead atoms. The Morgan fingerprint density at radius 2 is 2.00 bits per heavy atom. The quantitative estimate of drug-likeness (QED) is 0.636. The first-order valence-electron chi connectivity index (χ1n) is 3.06. The lowest BCUT2D eigenvalue weighted by Crippen LogP contribution is -1.84. The second kappa shape index (κ2) is 2.75. The van der Waals surface area contributed by atoms with Crippen molar-refractivity contribution >= 4 is 11.3 Å². The number of hydrogen-bond acceptors (Lipinski definition) is 4. The first-order chi connectivity index (χ1) is 5.47. The fourth-order valence-corrected chi connectivity index (χ4v) is 1.23. The van der Waals surface area contributed by atoms with Crippen LogP contribution in [0.5, 0.6) is 0 Å². The van der Waals surface area contributed by atoms with E-state index in [9.17, 15) is 0 Å². The third kappa shape index (κ3) is 1.25. The number of nitrogens with zero attached hydrogens (tertiary/aromatic N) is 3. The van der Waals surface area contributed by atoms with Gasteiger partial charge in [-0.3, -0.25) is 0 Å². The predicted molar refractivity (Wildman–Crippen MR) is 42.0 cm³/mol. The van der Waals surface area contributed by atoms with Crippen LogP contribution in [0.1, 0.15) is 0 Å². The Balaban J connectivity index is 2.46. The van der Waals surface area contributed by atoms with Gasteiger partial charge in [0, 0.05) is 18.6 Å². The molecule has 0 aromatic carbocycles. The zero-order chi connectivity index (χ0) is 7.52. The zero-order valence-corrected chi connectivity index (χ0v) is 6.38. The van der Waals surface area contributed by atoms with Crippen LogP contribution in [0, 0.1) is 5.38 Å². The fourth-order valence-electron chi connectivity index (χ4n) is 0.706. The molecule has 2 aromatic heterocycles. The molecule has 0 atom stereocenters. The van der Waals surface area contributed by atoms with Crippen molar-refractivity contribution in [2.45, 2.75) is 0 Å². The minimum atomic E-state index is 0.666. The lowest BCUT2D eigenvalue weighted by molar-refractivity contribution is 1.16. The second-order valence-electron chi connectivity index (χ2n) is 1.86. The van der Waals surface area contributed by atoms with E-state index in [1.165, 1.54) is 11.3 Å². The topological polar surface area (TPSA) is 38.7 Å². The molecule has 2 aromatic rings. The molecule has 1 radical (unpaired) electrons. The number of aromatic nitrogens is 3. The number of hydrogen-bond donors (Lipinski definition) is 0. The van der Waals surface area contributed by atoms with Gasteiger partial charge < -0.3 is 0 Å². The summed E-state index contributed by atoms with van der Waals surface area (Å²) in [6, 6.07) is 1.78. The van der Waals surface area contributed by atoms with E-state index < -0.39 is 0 Å². The molecule has 4 heteroatoms. The maximum atomic E-state index is 4.04. The molecule has 11 heavy (non-hydrogen) atoms. The van der Waals surface area contributed by atoms with Crippen molar-refractivity contribution in [1.82, 2.24) is 15.0 Å². The largest absolute Gasteiger partial charge is 0.240 e. The zero-order valence-electron chi connectivity index (χ0n) is 5.56. The summed E-state index contributed by atoms with van der Waals surface area (Å²) in [7, 11) is 0. The van der Waals surface area contributed by atoms with Crippen molar-refractivity contribution in [3.63, 3.8) is 0 Å². The monoisotopic (exact) mass is 162 g/mol. The average Bonchev–Trinajstić information content (AvgIpc) is 2.58. The molecule has 0 unspecified atom stereocenters. The summed E-state index contributed by atoms with van der Waals surface area (Å²) < 4.78 is 0. The van der Waals surface area contributed by atoms with Gasteiger partial charge >= 0.3 is 0 Å². The maximum Gasteiger partial charge on any atom is 0.188 e. The molecule has 0 saturated heterocycles. The summed E-state index contributed by atoms with van der Waals surface area (Å²) in [5.41, 5.74) is 0. The molecular formula is C7H4N3S. The van der Waals surface area contributed by atoms with Gasteiger partial charge in [0.2, 0.25) is 0 Å². The van der Waals surface area contributed by atoms with E-state index in [1.807, 2.05) is 0 Å². The Morgan fingerprint density at radius 3 is 2.64 bits per heavy atom. The van der Waals surface area contributed by atoms with Gasteiger partial charge in [-0.1, -0.05) is 0 Å². The van der Waals surface area contributed by atoms with Crippen LogP contribution in [0.25, 0.3) is 10.8 Å². The highest BCUT2D eigenvalue weighted by Gasteiger charge is 2.00. The normalized spacial score (nSPS) is 9.82. The van der Waals surface area contributed by atoms with E-state index in [0.717, 1.165) is 5.01 Å². The highest BCUT2D eigenvalue weighted by molar-refractivity contribution is 7.12. The summed E-state index contributed by atoms with van der Waals surface area (Å²) in [4.78, 5) is 12.1. The minimum Gasteiger partial charge on any atom is -0.240 e. The minimum absolute atomic E-state index is 0.666. The van der Waals surface area contributed by atoms with Gasteiger partial charge in [-0.2, -0.15) is 0 Å². The van der Waals surface area contributed by atoms with Crippen LogP contribution in [0.15, 0.2) is 24.7 Å². The third-order valence-corrected chi connectivity index (χ3v) is 1.85. The molecule has 0 N–H and O–H groups in total. The lowest BCUT2D eigenvalue weighted by atomic mass is 10.6. The summed E-state index contributed by atoms with van der Waals surface area (Å²) >= 11 is 1.41. The van der Waals surface area contributed by atoms with E-state index in [-0.39, 0.29) is 0 Å². The van der Waals surface area contributed by atoms with E-state index in [0.29, 0.717) is 5.82 Å². The Labute approximate surface area is 67.8 Å². The van der Waals surface area contributed by atoms with Gasteiger partial charge in [0.05, 0.1) is 5.38 Å². The van der Waals surface area contributed by atoms with Crippen molar-refractivity contribution in [3.8, 4) is 10.8 Å². The van der Waals surface area contributed by atoms with E-state index in [4.69, 9.17) is 0 Å². The van der Waals surface area contributed by atoms with Gasteiger partial charge in [0.1, 0.15) is 0 Å². The van der Waals surface area contributed by atoms with Crippen LogP contribution in [-0.4, -0.2) is 15.0 Å². The Kier molecular flexibility index (Phi) is 1.61. The third-order valence-electron chi connectivity index (χ3n) is 1.15. The van der Waals surface area contributed by atoms with Gasteiger partial charge in [-0.25, -0.2) is 15.0 Å². The van der Waals surface area contributed by atoms with Crippen LogP contribution in [-0.2, 0) is 0 Å². The van der Waals surface area contributed by atoms with Crippen LogP contribution in [0.3, 0.4) is 0 Å². The van der Waals surface area contributed by atoms with E-state index in [2.05, 4.69) is 20.3 Å². The van der Waals surface area contributed by atoms with Crippen molar-refractivity contribution in [3.05, 3.63) is 30.0 Å². The summed E-state index contributed by atoms with van der Waals surface area (Å²) in [5, 5.41) is 3.69. The summed E-state index contributed by atoms with van der Waals surface area (Å²) in [5.74, 6) is 0.666. The molecule has 2 rings (SSSR count). The van der Waals surface area contributed by atoms with Crippen LogP contribution in [0.4, 0.5) is 0 Å². The first kappa shape index (κ1) is 6.42.